The Balaban J connectivity index is 1.50. The third-order valence-electron chi connectivity index (χ3n) is 4.72. The van der Waals surface area contributed by atoms with E-state index in [-0.39, 0.29) is 4.88 Å². The second-order valence-corrected chi connectivity index (χ2v) is 7.94. The van der Waals surface area contributed by atoms with Gasteiger partial charge in [0, 0.05) is 18.2 Å². The van der Waals surface area contributed by atoms with Gasteiger partial charge in [-0.05, 0) is 12.5 Å². The number of carbonyl (C=O) groups excluding carboxylic acids is 1. The first-order valence-corrected chi connectivity index (χ1v) is 10.5. The fraction of sp³-hybridized carbons (Fsp3) is 0.136. The number of carboxylic acid groups (broad SMARTS) is 1. The van der Waals surface area contributed by atoms with Gasteiger partial charge in [-0.1, -0.05) is 59.8 Å². The van der Waals surface area contributed by atoms with Crippen molar-refractivity contribution in [1.82, 2.24) is 20.0 Å². The van der Waals surface area contributed by atoms with Crippen LogP contribution in [0, 0.1) is 0 Å². The van der Waals surface area contributed by atoms with Crippen LogP contribution in [0.25, 0.3) is 21.8 Å². The van der Waals surface area contributed by atoms with Crippen molar-refractivity contribution >= 4 is 29.2 Å². The van der Waals surface area contributed by atoms with Gasteiger partial charge in [0.1, 0.15) is 21.7 Å². The lowest BCUT2D eigenvalue weighted by Gasteiger charge is -2.14. The van der Waals surface area contributed by atoms with Crippen molar-refractivity contribution in [3.05, 3.63) is 71.2 Å². The zero-order chi connectivity index (χ0) is 22.7. The predicted molar refractivity (Wildman–Crippen MR) is 119 cm³/mol. The Kier molecular flexibility index (Phi) is 5.95. The number of nitrogens with one attached hydrogen (secondary N) is 1. The van der Waals surface area contributed by atoms with Gasteiger partial charge in [0.15, 0.2) is 5.82 Å². The minimum Gasteiger partial charge on any atom is -0.477 e. The number of aryl methyl sites for hydroxylation is 1. The first-order valence-electron chi connectivity index (χ1n) is 9.64. The van der Waals surface area contributed by atoms with Crippen molar-refractivity contribution in [3.8, 4) is 21.8 Å². The van der Waals surface area contributed by atoms with Crippen molar-refractivity contribution < 1.29 is 19.4 Å². The summed E-state index contributed by atoms with van der Waals surface area (Å²) in [4.78, 5) is 27.9. The van der Waals surface area contributed by atoms with Gasteiger partial charge in [-0.2, -0.15) is 0 Å². The van der Waals surface area contributed by atoms with Gasteiger partial charge in [-0.3, -0.25) is 5.32 Å². The average Bonchev–Trinajstić information content (AvgIpc) is 3.42. The molecule has 162 valence electrons. The predicted octanol–water partition coefficient (Wildman–Crippen LogP) is 4.61. The molecule has 0 aliphatic carbocycles. The number of hydrogen-bond donors (Lipinski definition) is 2. The Labute approximate surface area is 187 Å². The Hall–Kier alpha value is -4.05. The number of hydrogen-bond acceptors (Lipinski definition) is 7. The standard InChI is InChI=1S/C22H19N5O4S/c1-13(14-6-4-3-5-7-14)31-22(30)24-19-18(25-26-27(19)2)15-8-10-16(11-9-15)20-23-12-17(32-20)21(28)29/h3-13H,1-2H3,(H,24,30)(H,28,29)/t13-/m1/s1. The molecule has 0 spiro atoms. The summed E-state index contributed by atoms with van der Waals surface area (Å²) >= 11 is 1.10. The van der Waals surface area contributed by atoms with Gasteiger partial charge in [0.05, 0.1) is 6.20 Å². The zero-order valence-electron chi connectivity index (χ0n) is 17.2. The largest absolute Gasteiger partial charge is 0.477 e. The highest BCUT2D eigenvalue weighted by Gasteiger charge is 2.19. The zero-order valence-corrected chi connectivity index (χ0v) is 18.0. The van der Waals surface area contributed by atoms with Crippen molar-refractivity contribution in [1.29, 1.82) is 0 Å². The molecule has 0 fully saturated rings. The summed E-state index contributed by atoms with van der Waals surface area (Å²) in [5.74, 6) is -0.612. The van der Waals surface area contributed by atoms with E-state index in [9.17, 15) is 9.59 Å². The Morgan fingerprint density at radius 3 is 2.44 bits per heavy atom. The Bertz CT molecular complexity index is 1250. The van der Waals surface area contributed by atoms with Crippen LogP contribution in [0.2, 0.25) is 0 Å². The lowest BCUT2D eigenvalue weighted by molar-refractivity contribution is 0.0701. The number of aromatic carboxylic acids is 1. The number of carboxylic acids is 1. The third kappa shape index (κ3) is 4.49. The molecule has 4 rings (SSSR count). The molecule has 9 nitrogen and oxygen atoms in total. The van der Waals surface area contributed by atoms with Gasteiger partial charge in [0.2, 0.25) is 0 Å². The van der Waals surface area contributed by atoms with Gasteiger partial charge in [0.25, 0.3) is 0 Å². The molecule has 1 atom stereocenters. The fourth-order valence-corrected chi connectivity index (χ4v) is 3.81. The molecule has 2 heterocycles. The molecule has 0 unspecified atom stereocenters. The molecule has 2 N–H and O–H groups in total. The SMILES string of the molecule is C[C@@H](OC(=O)Nc1c(-c2ccc(-c3ncc(C(=O)O)s3)cc2)nnn1C)c1ccccc1. The van der Waals surface area contributed by atoms with E-state index in [2.05, 4.69) is 20.6 Å². The van der Waals surface area contributed by atoms with Crippen LogP contribution in [0.4, 0.5) is 10.6 Å². The van der Waals surface area contributed by atoms with Crippen LogP contribution in [0.15, 0.2) is 60.8 Å². The third-order valence-corrected chi connectivity index (χ3v) is 5.76. The van der Waals surface area contributed by atoms with E-state index in [0.717, 1.165) is 28.0 Å². The lowest BCUT2D eigenvalue weighted by Crippen LogP contribution is -2.18. The molecule has 2 aromatic heterocycles. The van der Waals surface area contributed by atoms with E-state index in [0.29, 0.717) is 16.5 Å². The number of benzene rings is 2. The minimum atomic E-state index is -1.01. The minimum absolute atomic E-state index is 0.174. The maximum atomic E-state index is 12.5. The molecule has 2 aromatic carbocycles. The number of carbonyl (C=O) groups is 2. The molecule has 0 bridgehead atoms. The van der Waals surface area contributed by atoms with Crippen molar-refractivity contribution in [2.24, 2.45) is 7.05 Å². The van der Waals surface area contributed by atoms with Crippen LogP contribution in [-0.4, -0.2) is 37.1 Å². The molecule has 4 aromatic rings. The Morgan fingerprint density at radius 2 is 1.78 bits per heavy atom. The Morgan fingerprint density at radius 1 is 1.09 bits per heavy atom. The summed E-state index contributed by atoms with van der Waals surface area (Å²) in [7, 11) is 1.67. The molecule has 0 saturated heterocycles. The topological polar surface area (TPSA) is 119 Å². The molecule has 10 heteroatoms. The number of ether oxygens (including phenoxy) is 1. The normalized spacial score (nSPS) is 11.7. The molecule has 0 saturated carbocycles. The first-order chi connectivity index (χ1) is 15.4. The van der Waals surface area contributed by atoms with Gasteiger partial charge < -0.3 is 9.84 Å². The lowest BCUT2D eigenvalue weighted by atomic mass is 10.1. The summed E-state index contributed by atoms with van der Waals surface area (Å²) in [5, 5.41) is 20.6. The van der Waals surface area contributed by atoms with E-state index >= 15 is 0 Å². The second kappa shape index (κ2) is 8.98. The second-order valence-electron chi connectivity index (χ2n) is 6.91. The van der Waals surface area contributed by atoms with E-state index in [1.54, 1.807) is 14.0 Å². The number of anilines is 1. The molecule has 0 radical (unpaired) electrons. The number of amides is 1. The molecule has 0 aliphatic rings. The highest BCUT2D eigenvalue weighted by atomic mass is 32.1. The number of aromatic nitrogens is 4. The number of rotatable bonds is 6. The van der Waals surface area contributed by atoms with Crippen LogP contribution in [0.1, 0.15) is 28.3 Å². The molecular formula is C22H19N5O4S. The number of thiazole rings is 1. The summed E-state index contributed by atoms with van der Waals surface area (Å²) in [6.45, 7) is 1.80. The fourth-order valence-electron chi connectivity index (χ4n) is 3.05. The first kappa shape index (κ1) is 21.2. The van der Waals surface area contributed by atoms with Crippen LogP contribution < -0.4 is 5.32 Å². The van der Waals surface area contributed by atoms with Gasteiger partial charge in [-0.15, -0.1) is 16.4 Å². The van der Waals surface area contributed by atoms with Crippen LogP contribution in [0.3, 0.4) is 0 Å². The van der Waals surface area contributed by atoms with E-state index < -0.39 is 18.2 Å². The monoisotopic (exact) mass is 449 g/mol. The highest BCUT2D eigenvalue weighted by molar-refractivity contribution is 7.16. The summed E-state index contributed by atoms with van der Waals surface area (Å²) in [6.07, 6.45) is 0.297. The van der Waals surface area contributed by atoms with E-state index in [4.69, 9.17) is 9.84 Å². The smallest absolute Gasteiger partial charge is 0.413 e. The molecular weight excluding hydrogens is 430 g/mol. The van der Waals surface area contributed by atoms with Crippen molar-refractivity contribution in [2.75, 3.05) is 5.32 Å². The van der Waals surface area contributed by atoms with Crippen molar-refractivity contribution in [2.45, 2.75) is 13.0 Å². The summed E-state index contributed by atoms with van der Waals surface area (Å²) < 4.78 is 6.94. The molecule has 0 aliphatic heterocycles. The highest BCUT2D eigenvalue weighted by Crippen LogP contribution is 2.30. The quantitative estimate of drug-likeness (QED) is 0.441. The van der Waals surface area contributed by atoms with E-state index in [1.807, 2.05) is 54.6 Å². The van der Waals surface area contributed by atoms with Crippen molar-refractivity contribution in [3.63, 3.8) is 0 Å². The van der Waals surface area contributed by atoms with Crippen LogP contribution in [0.5, 0.6) is 0 Å². The maximum Gasteiger partial charge on any atom is 0.413 e. The van der Waals surface area contributed by atoms with Gasteiger partial charge >= 0.3 is 12.1 Å². The van der Waals surface area contributed by atoms with Crippen LogP contribution >= 0.6 is 11.3 Å². The molecule has 1 amide bonds. The molecule has 32 heavy (non-hydrogen) atoms. The average molecular weight is 449 g/mol. The summed E-state index contributed by atoms with van der Waals surface area (Å²) in [5.41, 5.74) is 2.87. The number of nitrogens with zero attached hydrogens (tertiary/aromatic N) is 4. The van der Waals surface area contributed by atoms with Crippen LogP contribution in [-0.2, 0) is 11.8 Å². The van der Waals surface area contributed by atoms with E-state index in [1.165, 1.54) is 10.9 Å². The maximum absolute atomic E-state index is 12.5. The summed E-state index contributed by atoms with van der Waals surface area (Å²) in [6, 6.07) is 16.7. The van der Waals surface area contributed by atoms with Gasteiger partial charge in [-0.25, -0.2) is 19.3 Å².